The molecule has 0 atom stereocenters. The smallest absolute Gasteiger partial charge is 0.341 e. The van der Waals surface area contributed by atoms with E-state index in [2.05, 4.69) is 22.1 Å². The van der Waals surface area contributed by atoms with Crippen molar-refractivity contribution < 1.29 is 19.1 Å². The molecule has 4 aromatic rings. The highest BCUT2D eigenvalue weighted by Gasteiger charge is 2.25. The molecule has 1 amide bonds. The largest absolute Gasteiger partial charge is 0.497 e. The maximum Gasteiger partial charge on any atom is 0.341 e. The molecule has 4 rings (SSSR count). The van der Waals surface area contributed by atoms with Gasteiger partial charge < -0.3 is 14.8 Å². The highest BCUT2D eigenvalue weighted by Crippen LogP contribution is 2.40. The topological polar surface area (TPSA) is 95.3 Å². The average Bonchev–Trinajstić information content (AvgIpc) is 3.47. The van der Waals surface area contributed by atoms with Crippen molar-refractivity contribution in [1.82, 2.24) is 14.8 Å². The highest BCUT2D eigenvalue weighted by atomic mass is 32.2. The molecule has 0 bridgehead atoms. The molecule has 0 aliphatic carbocycles. The van der Waals surface area contributed by atoms with Gasteiger partial charge in [0.25, 0.3) is 0 Å². The summed E-state index contributed by atoms with van der Waals surface area (Å²) >= 11 is 2.60. The number of carbonyl (C=O) groups excluding carboxylic acids is 2. The average molecular weight is 535 g/mol. The first-order valence-electron chi connectivity index (χ1n) is 11.3. The number of hydrogen-bond donors (Lipinski definition) is 1. The number of rotatable bonds is 10. The van der Waals surface area contributed by atoms with E-state index in [0.29, 0.717) is 28.1 Å². The van der Waals surface area contributed by atoms with Gasteiger partial charge in [0, 0.05) is 22.5 Å². The number of amides is 1. The van der Waals surface area contributed by atoms with Crippen LogP contribution in [0.2, 0.25) is 0 Å². The summed E-state index contributed by atoms with van der Waals surface area (Å²) in [5.74, 6) is 0.724. The molecule has 0 unspecified atom stereocenters. The Morgan fingerprint density at radius 1 is 1.08 bits per heavy atom. The van der Waals surface area contributed by atoms with E-state index in [0.717, 1.165) is 27.3 Å². The molecule has 0 aliphatic heterocycles. The summed E-state index contributed by atoms with van der Waals surface area (Å²) in [5.41, 5.74) is 2.87. The van der Waals surface area contributed by atoms with Crippen LogP contribution in [-0.4, -0.2) is 46.6 Å². The molecule has 2 aromatic carbocycles. The molecule has 0 spiro atoms. The molecule has 8 nitrogen and oxygen atoms in total. The Morgan fingerprint density at radius 2 is 1.81 bits per heavy atom. The molecule has 10 heteroatoms. The molecule has 190 valence electrons. The van der Waals surface area contributed by atoms with Crippen LogP contribution in [0.3, 0.4) is 0 Å². The number of aromatic nitrogens is 3. The second-order valence-corrected chi connectivity index (χ2v) is 10.0. The maximum absolute atomic E-state index is 13.0. The van der Waals surface area contributed by atoms with Crippen LogP contribution in [0.25, 0.3) is 22.5 Å². The van der Waals surface area contributed by atoms with Gasteiger partial charge in [-0.1, -0.05) is 48.2 Å². The summed E-state index contributed by atoms with van der Waals surface area (Å²) in [6.45, 7) is 6.23. The fourth-order valence-corrected chi connectivity index (χ4v) is 5.65. The third-order valence-electron chi connectivity index (χ3n) is 5.50. The van der Waals surface area contributed by atoms with Crippen molar-refractivity contribution in [2.24, 2.45) is 0 Å². The van der Waals surface area contributed by atoms with Crippen LogP contribution < -0.4 is 10.1 Å². The van der Waals surface area contributed by atoms with Crippen LogP contribution in [0.15, 0.2) is 72.4 Å². The summed E-state index contributed by atoms with van der Waals surface area (Å²) < 4.78 is 12.2. The molecule has 0 fully saturated rings. The standard InChI is InChI=1S/C27H26N4O4S2/c1-5-15-31-24(19-11-13-20(34-3)14-12-19)29-30-27(31)36-16-21(32)28-25-23(26(33)35-4)22(17(2)37-25)18-9-7-6-8-10-18/h5-14H,1,15-16H2,2-4H3,(H,28,32). The Kier molecular flexibility index (Phi) is 8.42. The summed E-state index contributed by atoms with van der Waals surface area (Å²) in [5, 5.41) is 12.6. The zero-order chi connectivity index (χ0) is 26.4. The van der Waals surface area contributed by atoms with Gasteiger partial charge in [-0.15, -0.1) is 28.1 Å². The van der Waals surface area contributed by atoms with Gasteiger partial charge in [0.1, 0.15) is 16.3 Å². The van der Waals surface area contributed by atoms with Gasteiger partial charge in [-0.2, -0.15) is 0 Å². The highest BCUT2D eigenvalue weighted by molar-refractivity contribution is 7.99. The molecule has 2 heterocycles. The number of ether oxygens (including phenoxy) is 2. The quantitative estimate of drug-likeness (QED) is 0.159. The molecule has 0 radical (unpaired) electrons. The van der Waals surface area contributed by atoms with E-state index in [1.807, 2.05) is 66.1 Å². The SMILES string of the molecule is C=CCn1c(SCC(=O)Nc2sc(C)c(-c3ccccc3)c2C(=O)OC)nnc1-c1ccc(OC)cc1. The van der Waals surface area contributed by atoms with Gasteiger partial charge in [0.15, 0.2) is 11.0 Å². The number of hydrogen-bond acceptors (Lipinski definition) is 8. The predicted octanol–water partition coefficient (Wildman–Crippen LogP) is 5.69. The second-order valence-electron chi connectivity index (χ2n) is 7.87. The fourth-order valence-electron chi connectivity index (χ4n) is 3.82. The first kappa shape index (κ1) is 26.2. The number of methoxy groups -OCH3 is 2. The monoisotopic (exact) mass is 534 g/mol. The minimum atomic E-state index is -0.499. The Morgan fingerprint density at radius 3 is 2.46 bits per heavy atom. The number of carbonyl (C=O) groups is 2. The molecule has 0 saturated heterocycles. The summed E-state index contributed by atoms with van der Waals surface area (Å²) in [7, 11) is 2.95. The number of thiophene rings is 1. The van der Waals surface area contributed by atoms with E-state index >= 15 is 0 Å². The van der Waals surface area contributed by atoms with Crippen LogP contribution in [0.1, 0.15) is 15.2 Å². The number of esters is 1. The van der Waals surface area contributed by atoms with Crippen molar-refractivity contribution >= 4 is 40.0 Å². The van der Waals surface area contributed by atoms with E-state index in [-0.39, 0.29) is 11.7 Å². The number of anilines is 1. The Labute approximate surface area is 223 Å². The summed E-state index contributed by atoms with van der Waals surface area (Å²) in [6, 6.07) is 17.1. The van der Waals surface area contributed by atoms with E-state index in [9.17, 15) is 9.59 Å². The van der Waals surface area contributed by atoms with Gasteiger partial charge in [-0.25, -0.2) is 4.79 Å². The molecular weight excluding hydrogens is 508 g/mol. The zero-order valence-electron chi connectivity index (χ0n) is 20.7. The lowest BCUT2D eigenvalue weighted by Gasteiger charge is -2.09. The zero-order valence-corrected chi connectivity index (χ0v) is 22.3. The van der Waals surface area contributed by atoms with Crippen LogP contribution >= 0.6 is 23.1 Å². The molecule has 0 aliphatic rings. The van der Waals surface area contributed by atoms with Crippen molar-refractivity contribution in [2.45, 2.75) is 18.6 Å². The Hall–Kier alpha value is -3.89. The Bertz CT molecular complexity index is 1410. The lowest BCUT2D eigenvalue weighted by molar-refractivity contribution is -0.113. The van der Waals surface area contributed by atoms with Gasteiger partial charge in [-0.05, 0) is 36.8 Å². The molecule has 2 aromatic heterocycles. The van der Waals surface area contributed by atoms with Crippen LogP contribution in [-0.2, 0) is 16.1 Å². The van der Waals surface area contributed by atoms with E-state index in [4.69, 9.17) is 9.47 Å². The van der Waals surface area contributed by atoms with Crippen molar-refractivity contribution in [3.05, 3.63) is 77.7 Å². The number of benzene rings is 2. The molecular formula is C27H26N4O4S2. The normalized spacial score (nSPS) is 10.7. The van der Waals surface area contributed by atoms with E-state index in [1.165, 1.54) is 30.2 Å². The Balaban J connectivity index is 1.54. The number of nitrogens with one attached hydrogen (secondary N) is 1. The molecule has 1 N–H and O–H groups in total. The minimum absolute atomic E-state index is 0.0795. The van der Waals surface area contributed by atoms with Gasteiger partial charge in [0.05, 0.1) is 20.0 Å². The van der Waals surface area contributed by atoms with Crippen LogP contribution in [0, 0.1) is 6.92 Å². The lowest BCUT2D eigenvalue weighted by Crippen LogP contribution is -2.16. The summed E-state index contributed by atoms with van der Waals surface area (Å²) in [4.78, 5) is 26.5. The first-order valence-corrected chi connectivity index (χ1v) is 13.1. The third-order valence-corrected chi connectivity index (χ3v) is 7.49. The third kappa shape index (κ3) is 5.76. The van der Waals surface area contributed by atoms with Crippen molar-refractivity contribution in [3.63, 3.8) is 0 Å². The van der Waals surface area contributed by atoms with Crippen molar-refractivity contribution in [3.8, 4) is 28.3 Å². The van der Waals surface area contributed by atoms with Crippen LogP contribution in [0.4, 0.5) is 5.00 Å². The maximum atomic E-state index is 13.0. The number of allylic oxidation sites excluding steroid dienone is 1. The summed E-state index contributed by atoms with van der Waals surface area (Å²) in [6.07, 6.45) is 1.75. The van der Waals surface area contributed by atoms with Crippen molar-refractivity contribution in [1.29, 1.82) is 0 Å². The van der Waals surface area contributed by atoms with E-state index < -0.39 is 5.97 Å². The lowest BCUT2D eigenvalue weighted by atomic mass is 10.0. The molecule has 0 saturated carbocycles. The van der Waals surface area contributed by atoms with Gasteiger partial charge in [-0.3, -0.25) is 9.36 Å². The van der Waals surface area contributed by atoms with Gasteiger partial charge >= 0.3 is 5.97 Å². The van der Waals surface area contributed by atoms with Crippen molar-refractivity contribution in [2.75, 3.05) is 25.3 Å². The minimum Gasteiger partial charge on any atom is -0.497 e. The first-order chi connectivity index (χ1) is 18.0. The van der Waals surface area contributed by atoms with E-state index in [1.54, 1.807) is 13.2 Å². The van der Waals surface area contributed by atoms with Crippen LogP contribution in [0.5, 0.6) is 5.75 Å². The number of thioether (sulfide) groups is 1. The second kappa shape index (κ2) is 11.9. The predicted molar refractivity (Wildman–Crippen MR) is 147 cm³/mol. The number of nitrogens with zero attached hydrogens (tertiary/aromatic N) is 3. The van der Waals surface area contributed by atoms with Gasteiger partial charge in [0.2, 0.25) is 5.91 Å². The number of aryl methyl sites for hydroxylation is 1. The molecule has 37 heavy (non-hydrogen) atoms. The fraction of sp³-hybridized carbons (Fsp3) is 0.185.